The molecule has 1 aromatic heterocycles. The van der Waals surface area contributed by atoms with Gasteiger partial charge in [-0.2, -0.15) is 11.3 Å². The highest BCUT2D eigenvalue weighted by Crippen LogP contribution is 2.23. The predicted octanol–water partition coefficient (Wildman–Crippen LogP) is 5.08. The standard InChI is InChI=1S/C19H16OS/c20-13-17-5-1-3-15(11-17)7-8-16-4-2-6-18(12-16)19-9-10-21-14-19/h1-12,14,20H,13H2/b8-7-. The molecule has 0 radical (unpaired) electrons. The average molecular weight is 292 g/mol. The van der Waals surface area contributed by atoms with Gasteiger partial charge in [-0.05, 0) is 56.8 Å². The van der Waals surface area contributed by atoms with Crippen LogP contribution in [0.15, 0.2) is 65.4 Å². The van der Waals surface area contributed by atoms with Gasteiger partial charge in [-0.25, -0.2) is 0 Å². The smallest absolute Gasteiger partial charge is 0.0682 e. The zero-order valence-electron chi connectivity index (χ0n) is 11.6. The van der Waals surface area contributed by atoms with E-state index in [0.29, 0.717) is 0 Å². The van der Waals surface area contributed by atoms with E-state index in [1.807, 2.05) is 24.3 Å². The molecule has 0 unspecified atom stereocenters. The molecule has 0 fully saturated rings. The third-order valence-corrected chi connectivity index (χ3v) is 4.03. The van der Waals surface area contributed by atoms with Gasteiger partial charge in [-0.15, -0.1) is 0 Å². The van der Waals surface area contributed by atoms with Gasteiger partial charge in [0.2, 0.25) is 0 Å². The first-order valence-electron chi connectivity index (χ1n) is 6.86. The second-order valence-electron chi connectivity index (χ2n) is 4.87. The van der Waals surface area contributed by atoms with Crippen molar-refractivity contribution in [3.05, 3.63) is 82.0 Å². The lowest BCUT2D eigenvalue weighted by molar-refractivity contribution is 0.282. The van der Waals surface area contributed by atoms with Crippen LogP contribution in [0.1, 0.15) is 16.7 Å². The van der Waals surface area contributed by atoms with Crippen molar-refractivity contribution in [3.63, 3.8) is 0 Å². The van der Waals surface area contributed by atoms with Crippen LogP contribution in [0.4, 0.5) is 0 Å². The van der Waals surface area contributed by atoms with Crippen molar-refractivity contribution in [1.82, 2.24) is 0 Å². The number of thiophene rings is 1. The lowest BCUT2D eigenvalue weighted by Crippen LogP contribution is -1.82. The van der Waals surface area contributed by atoms with E-state index in [0.717, 1.165) is 11.1 Å². The van der Waals surface area contributed by atoms with Gasteiger partial charge >= 0.3 is 0 Å². The lowest BCUT2D eigenvalue weighted by atomic mass is 10.0. The summed E-state index contributed by atoms with van der Waals surface area (Å²) in [6.45, 7) is 0.0787. The van der Waals surface area contributed by atoms with Crippen molar-refractivity contribution in [2.75, 3.05) is 0 Å². The van der Waals surface area contributed by atoms with Crippen LogP contribution in [-0.2, 0) is 6.61 Å². The van der Waals surface area contributed by atoms with Gasteiger partial charge in [0.05, 0.1) is 6.61 Å². The molecule has 0 amide bonds. The molecule has 1 nitrogen and oxygen atoms in total. The van der Waals surface area contributed by atoms with Crippen LogP contribution in [0, 0.1) is 0 Å². The van der Waals surface area contributed by atoms with Gasteiger partial charge in [0.15, 0.2) is 0 Å². The maximum absolute atomic E-state index is 9.17. The van der Waals surface area contributed by atoms with Crippen molar-refractivity contribution in [1.29, 1.82) is 0 Å². The molecule has 0 atom stereocenters. The Balaban J connectivity index is 1.84. The third-order valence-electron chi connectivity index (χ3n) is 3.34. The summed E-state index contributed by atoms with van der Waals surface area (Å²) in [5.41, 5.74) is 5.71. The molecule has 21 heavy (non-hydrogen) atoms. The summed E-state index contributed by atoms with van der Waals surface area (Å²) in [7, 11) is 0. The van der Waals surface area contributed by atoms with Gasteiger partial charge in [-0.3, -0.25) is 0 Å². The molecule has 0 bridgehead atoms. The first-order valence-corrected chi connectivity index (χ1v) is 7.80. The highest BCUT2D eigenvalue weighted by molar-refractivity contribution is 7.08. The second-order valence-corrected chi connectivity index (χ2v) is 5.65. The summed E-state index contributed by atoms with van der Waals surface area (Å²) in [6, 6.07) is 18.6. The van der Waals surface area contributed by atoms with Crippen LogP contribution in [0.2, 0.25) is 0 Å². The fourth-order valence-electron chi connectivity index (χ4n) is 2.24. The lowest BCUT2D eigenvalue weighted by Gasteiger charge is -2.01. The Morgan fingerprint density at radius 3 is 2.33 bits per heavy atom. The summed E-state index contributed by atoms with van der Waals surface area (Å²) in [5.74, 6) is 0. The molecule has 2 heteroatoms. The predicted molar refractivity (Wildman–Crippen MR) is 91.0 cm³/mol. The number of hydrogen-bond acceptors (Lipinski definition) is 2. The van der Waals surface area contributed by atoms with Crippen molar-refractivity contribution >= 4 is 23.5 Å². The fraction of sp³-hybridized carbons (Fsp3) is 0.0526. The number of rotatable bonds is 4. The molecule has 1 N–H and O–H groups in total. The highest BCUT2D eigenvalue weighted by Gasteiger charge is 1.98. The normalized spacial score (nSPS) is 11.1. The summed E-state index contributed by atoms with van der Waals surface area (Å²) in [4.78, 5) is 0. The molecular weight excluding hydrogens is 276 g/mol. The Hall–Kier alpha value is -2.16. The van der Waals surface area contributed by atoms with Gasteiger partial charge in [0.1, 0.15) is 0 Å². The molecule has 0 spiro atoms. The molecule has 0 aliphatic carbocycles. The molecule has 3 aromatic rings. The summed E-state index contributed by atoms with van der Waals surface area (Å²) in [5, 5.41) is 13.4. The largest absolute Gasteiger partial charge is 0.392 e. The Morgan fingerprint density at radius 1 is 0.857 bits per heavy atom. The van der Waals surface area contributed by atoms with Gasteiger partial charge < -0.3 is 5.11 Å². The van der Waals surface area contributed by atoms with Crippen molar-refractivity contribution < 1.29 is 5.11 Å². The minimum absolute atomic E-state index is 0.0787. The van der Waals surface area contributed by atoms with E-state index in [2.05, 4.69) is 53.2 Å². The summed E-state index contributed by atoms with van der Waals surface area (Å²) in [6.07, 6.45) is 4.18. The van der Waals surface area contributed by atoms with E-state index in [4.69, 9.17) is 5.11 Å². The van der Waals surface area contributed by atoms with Crippen molar-refractivity contribution in [2.24, 2.45) is 0 Å². The van der Waals surface area contributed by atoms with E-state index < -0.39 is 0 Å². The Bertz CT molecular complexity index is 742. The number of aliphatic hydroxyl groups excluding tert-OH is 1. The number of hydrogen-bond donors (Lipinski definition) is 1. The quantitative estimate of drug-likeness (QED) is 0.665. The van der Waals surface area contributed by atoms with Crippen LogP contribution in [0.5, 0.6) is 0 Å². The molecular formula is C19H16OS. The first-order chi connectivity index (χ1) is 10.3. The maximum Gasteiger partial charge on any atom is 0.0682 e. The molecule has 2 aromatic carbocycles. The van der Waals surface area contributed by atoms with E-state index in [-0.39, 0.29) is 6.61 Å². The summed E-state index contributed by atoms with van der Waals surface area (Å²) < 4.78 is 0. The second kappa shape index (κ2) is 6.53. The third kappa shape index (κ3) is 3.48. The van der Waals surface area contributed by atoms with Gasteiger partial charge in [0.25, 0.3) is 0 Å². The topological polar surface area (TPSA) is 20.2 Å². The number of benzene rings is 2. The molecule has 0 aliphatic heterocycles. The molecule has 0 aliphatic rings. The first kappa shape index (κ1) is 13.8. The van der Waals surface area contributed by atoms with Crippen molar-refractivity contribution in [2.45, 2.75) is 6.61 Å². The Kier molecular flexibility index (Phi) is 4.29. The zero-order valence-corrected chi connectivity index (χ0v) is 12.4. The Labute approximate surface area is 128 Å². The van der Waals surface area contributed by atoms with E-state index in [1.165, 1.54) is 16.7 Å². The van der Waals surface area contributed by atoms with Crippen LogP contribution in [0.25, 0.3) is 23.3 Å². The SMILES string of the molecule is OCc1cccc(/C=C\c2cccc(-c3ccsc3)c2)c1. The Morgan fingerprint density at radius 2 is 1.62 bits per heavy atom. The van der Waals surface area contributed by atoms with Crippen LogP contribution in [-0.4, -0.2) is 5.11 Å². The highest BCUT2D eigenvalue weighted by atomic mass is 32.1. The molecule has 0 saturated heterocycles. The van der Waals surface area contributed by atoms with Gasteiger partial charge in [0, 0.05) is 0 Å². The van der Waals surface area contributed by atoms with Crippen LogP contribution in [0.3, 0.4) is 0 Å². The zero-order chi connectivity index (χ0) is 14.5. The van der Waals surface area contributed by atoms with Crippen LogP contribution >= 0.6 is 11.3 Å². The maximum atomic E-state index is 9.17. The molecule has 0 saturated carbocycles. The molecule has 104 valence electrons. The van der Waals surface area contributed by atoms with E-state index in [1.54, 1.807) is 11.3 Å². The molecule has 1 heterocycles. The fourth-order valence-corrected chi connectivity index (χ4v) is 2.90. The van der Waals surface area contributed by atoms with Crippen molar-refractivity contribution in [3.8, 4) is 11.1 Å². The monoisotopic (exact) mass is 292 g/mol. The molecule has 3 rings (SSSR count). The minimum atomic E-state index is 0.0787. The summed E-state index contributed by atoms with van der Waals surface area (Å²) >= 11 is 1.71. The van der Waals surface area contributed by atoms with Crippen LogP contribution < -0.4 is 0 Å². The number of aliphatic hydroxyl groups is 1. The van der Waals surface area contributed by atoms with E-state index >= 15 is 0 Å². The van der Waals surface area contributed by atoms with E-state index in [9.17, 15) is 0 Å². The average Bonchev–Trinajstić information content (AvgIpc) is 3.08. The van der Waals surface area contributed by atoms with Gasteiger partial charge in [-0.1, -0.05) is 48.6 Å². The minimum Gasteiger partial charge on any atom is -0.392 e.